The number of rotatable bonds is 3. The molecule has 0 saturated carbocycles. The van der Waals surface area contributed by atoms with Crippen LogP contribution in [0.5, 0.6) is 0 Å². The van der Waals surface area contributed by atoms with Crippen molar-refractivity contribution in [1.29, 1.82) is 10.5 Å². The van der Waals surface area contributed by atoms with Crippen LogP contribution in [0, 0.1) is 34.5 Å². The Kier molecular flexibility index (Phi) is 8.31. The SMILES string of the molecule is N#CC1CCN(c2c(Cl)cncc2-c2ccccc2)C1.N#CC1CCN(c2c(Cl)cncc2Cl)C1. The van der Waals surface area contributed by atoms with Gasteiger partial charge < -0.3 is 9.80 Å². The zero-order chi connectivity index (χ0) is 24.8. The summed E-state index contributed by atoms with van der Waals surface area (Å²) in [5, 5.41) is 19.6. The highest BCUT2D eigenvalue weighted by molar-refractivity contribution is 6.39. The molecule has 6 nitrogen and oxygen atoms in total. The third-order valence-electron chi connectivity index (χ3n) is 6.16. The first-order chi connectivity index (χ1) is 17.0. The van der Waals surface area contributed by atoms with Crippen LogP contribution in [-0.4, -0.2) is 36.1 Å². The second-order valence-corrected chi connectivity index (χ2v) is 9.68. The fourth-order valence-electron chi connectivity index (χ4n) is 4.42. The largest absolute Gasteiger partial charge is 0.368 e. The minimum absolute atomic E-state index is 0.0744. The molecule has 0 aliphatic carbocycles. The monoisotopic (exact) mass is 524 g/mol. The second kappa shape index (κ2) is 11.6. The molecule has 0 spiro atoms. The van der Waals surface area contributed by atoms with Crippen LogP contribution in [0.15, 0.2) is 55.1 Å². The molecule has 178 valence electrons. The highest BCUT2D eigenvalue weighted by atomic mass is 35.5. The van der Waals surface area contributed by atoms with Crippen molar-refractivity contribution in [2.45, 2.75) is 12.8 Å². The Morgan fingerprint density at radius 2 is 1.20 bits per heavy atom. The second-order valence-electron chi connectivity index (χ2n) is 8.46. The summed E-state index contributed by atoms with van der Waals surface area (Å²) in [7, 11) is 0. The standard InChI is InChI=1S/C16H14ClN3.C10H9Cl2N3/c17-15-10-19-9-14(13-4-2-1-3-5-13)16(15)20-7-6-12(8-18)11-20;11-8-4-14-5-9(12)10(8)15-2-1-7(3-13)6-15/h1-5,9-10,12H,6-7,11H2;4-5,7H,1-2,6H2. The third-order valence-corrected chi connectivity index (χ3v) is 6.99. The van der Waals surface area contributed by atoms with Gasteiger partial charge in [-0.1, -0.05) is 65.1 Å². The fraction of sp³-hybridized carbons (Fsp3) is 0.308. The summed E-state index contributed by atoms with van der Waals surface area (Å²) in [6.45, 7) is 3.11. The molecule has 2 aromatic heterocycles. The molecule has 0 N–H and O–H groups in total. The molecule has 0 radical (unpaired) electrons. The molecule has 35 heavy (non-hydrogen) atoms. The molecule has 0 bridgehead atoms. The number of halogens is 3. The van der Waals surface area contributed by atoms with Crippen molar-refractivity contribution in [2.24, 2.45) is 11.8 Å². The van der Waals surface area contributed by atoms with E-state index in [4.69, 9.17) is 45.3 Å². The summed E-state index contributed by atoms with van der Waals surface area (Å²) < 4.78 is 0. The van der Waals surface area contributed by atoms with Crippen LogP contribution >= 0.6 is 34.8 Å². The van der Waals surface area contributed by atoms with Gasteiger partial charge in [0.2, 0.25) is 0 Å². The van der Waals surface area contributed by atoms with Crippen LogP contribution in [0.4, 0.5) is 11.4 Å². The first kappa shape index (κ1) is 25.1. The summed E-state index contributed by atoms with van der Waals surface area (Å²) in [5.74, 6) is 0.160. The van der Waals surface area contributed by atoms with E-state index in [9.17, 15) is 0 Å². The molecule has 2 aliphatic rings. The summed E-state index contributed by atoms with van der Waals surface area (Å²) in [4.78, 5) is 12.3. The molecule has 5 rings (SSSR count). The number of aromatic nitrogens is 2. The van der Waals surface area contributed by atoms with E-state index >= 15 is 0 Å². The van der Waals surface area contributed by atoms with Gasteiger partial charge in [-0.25, -0.2) is 0 Å². The average Bonchev–Trinajstić information content (AvgIpc) is 3.54. The van der Waals surface area contributed by atoms with E-state index in [1.54, 1.807) is 18.6 Å². The van der Waals surface area contributed by atoms with Crippen LogP contribution in [0.1, 0.15) is 12.8 Å². The Morgan fingerprint density at radius 1 is 0.714 bits per heavy atom. The van der Waals surface area contributed by atoms with Crippen molar-refractivity contribution in [3.63, 3.8) is 0 Å². The van der Waals surface area contributed by atoms with Gasteiger partial charge in [-0.2, -0.15) is 10.5 Å². The van der Waals surface area contributed by atoms with Crippen LogP contribution < -0.4 is 9.80 Å². The van der Waals surface area contributed by atoms with Gasteiger partial charge in [-0.3, -0.25) is 9.97 Å². The van der Waals surface area contributed by atoms with E-state index in [1.165, 1.54) is 0 Å². The number of anilines is 2. The predicted molar refractivity (Wildman–Crippen MR) is 141 cm³/mol. The Bertz CT molecular complexity index is 1230. The van der Waals surface area contributed by atoms with Gasteiger partial charge in [-0.05, 0) is 18.4 Å². The van der Waals surface area contributed by atoms with Crippen molar-refractivity contribution in [2.75, 3.05) is 36.0 Å². The van der Waals surface area contributed by atoms with E-state index in [0.29, 0.717) is 21.6 Å². The lowest BCUT2D eigenvalue weighted by atomic mass is 10.1. The van der Waals surface area contributed by atoms with Gasteiger partial charge in [0.15, 0.2) is 0 Å². The normalized spacial score (nSPS) is 19.0. The molecule has 3 aromatic rings. The van der Waals surface area contributed by atoms with Gasteiger partial charge in [0.25, 0.3) is 0 Å². The first-order valence-electron chi connectivity index (χ1n) is 11.3. The van der Waals surface area contributed by atoms with Gasteiger partial charge in [0.1, 0.15) is 0 Å². The van der Waals surface area contributed by atoms with Gasteiger partial charge >= 0.3 is 0 Å². The molecule has 1 aromatic carbocycles. The number of benzene rings is 1. The highest BCUT2D eigenvalue weighted by Crippen LogP contribution is 2.38. The predicted octanol–water partition coefficient (Wildman–Crippen LogP) is 6.49. The lowest BCUT2D eigenvalue weighted by Crippen LogP contribution is -2.20. The topological polar surface area (TPSA) is 79.8 Å². The maximum Gasteiger partial charge on any atom is 0.0838 e. The highest BCUT2D eigenvalue weighted by Gasteiger charge is 2.27. The zero-order valence-electron chi connectivity index (χ0n) is 18.9. The van der Waals surface area contributed by atoms with Crippen molar-refractivity contribution < 1.29 is 0 Å². The van der Waals surface area contributed by atoms with E-state index in [2.05, 4.69) is 39.1 Å². The van der Waals surface area contributed by atoms with E-state index in [1.807, 2.05) is 29.3 Å². The molecule has 9 heteroatoms. The van der Waals surface area contributed by atoms with E-state index in [0.717, 1.165) is 55.0 Å². The fourth-order valence-corrected chi connectivity index (χ4v) is 5.30. The molecule has 2 atom stereocenters. The maximum atomic E-state index is 9.06. The minimum Gasteiger partial charge on any atom is -0.368 e. The quantitative estimate of drug-likeness (QED) is 0.389. The summed E-state index contributed by atoms with van der Waals surface area (Å²) in [6, 6.07) is 14.7. The van der Waals surface area contributed by atoms with Crippen molar-refractivity contribution in [3.8, 4) is 23.3 Å². The molecule has 2 fully saturated rings. The van der Waals surface area contributed by atoms with Gasteiger partial charge in [0.05, 0.1) is 50.4 Å². The third kappa shape index (κ3) is 5.80. The average molecular weight is 526 g/mol. The van der Waals surface area contributed by atoms with Crippen LogP contribution in [0.25, 0.3) is 11.1 Å². The number of nitrogens with zero attached hydrogens (tertiary/aromatic N) is 6. The molecule has 2 aliphatic heterocycles. The smallest absolute Gasteiger partial charge is 0.0838 e. The summed E-state index contributed by atoms with van der Waals surface area (Å²) >= 11 is 18.4. The molecular formula is C26H23Cl3N6. The van der Waals surface area contributed by atoms with Gasteiger partial charge in [0, 0.05) is 56.5 Å². The number of hydrogen-bond acceptors (Lipinski definition) is 6. The van der Waals surface area contributed by atoms with Crippen LogP contribution in [-0.2, 0) is 0 Å². The Balaban J connectivity index is 0.000000172. The molecule has 2 saturated heterocycles. The van der Waals surface area contributed by atoms with Crippen molar-refractivity contribution in [1.82, 2.24) is 9.97 Å². The van der Waals surface area contributed by atoms with E-state index in [-0.39, 0.29) is 11.8 Å². The molecule has 0 amide bonds. The van der Waals surface area contributed by atoms with Gasteiger partial charge in [-0.15, -0.1) is 0 Å². The van der Waals surface area contributed by atoms with E-state index < -0.39 is 0 Å². The maximum absolute atomic E-state index is 9.06. The molecular weight excluding hydrogens is 503 g/mol. The summed E-state index contributed by atoms with van der Waals surface area (Å²) in [5.41, 5.74) is 3.91. The number of pyridine rings is 2. The summed E-state index contributed by atoms with van der Waals surface area (Å²) in [6.07, 6.45) is 8.42. The Hall–Kier alpha value is -3.03. The first-order valence-corrected chi connectivity index (χ1v) is 12.4. The van der Waals surface area contributed by atoms with Crippen molar-refractivity contribution >= 4 is 46.2 Å². The van der Waals surface area contributed by atoms with Crippen molar-refractivity contribution in [3.05, 3.63) is 70.2 Å². The van der Waals surface area contributed by atoms with Crippen LogP contribution in [0.3, 0.4) is 0 Å². The molecule has 4 heterocycles. The Morgan fingerprint density at radius 3 is 1.71 bits per heavy atom. The minimum atomic E-state index is 0.0744. The van der Waals surface area contributed by atoms with Crippen LogP contribution in [0.2, 0.25) is 15.1 Å². The lowest BCUT2D eigenvalue weighted by Gasteiger charge is -2.22. The molecule has 2 unspecified atom stereocenters. The lowest BCUT2D eigenvalue weighted by molar-refractivity contribution is 0.755. The Labute approximate surface area is 220 Å². The number of hydrogen-bond donors (Lipinski definition) is 0. The zero-order valence-corrected chi connectivity index (χ0v) is 21.2. The number of nitriles is 2.